The monoisotopic (exact) mass is 384 g/mol. The third-order valence-electron chi connectivity index (χ3n) is 4.87. The van der Waals surface area contributed by atoms with Gasteiger partial charge in [0.25, 0.3) is 0 Å². The summed E-state index contributed by atoms with van der Waals surface area (Å²) in [5.74, 6) is 0.413. The zero-order valence-corrected chi connectivity index (χ0v) is 16.4. The molecule has 0 radical (unpaired) electrons. The molecule has 142 valence electrons. The van der Waals surface area contributed by atoms with Gasteiger partial charge in [-0.3, -0.25) is 9.59 Å². The summed E-state index contributed by atoms with van der Waals surface area (Å²) in [5, 5.41) is 1.92. The average Bonchev–Trinajstić information content (AvgIpc) is 3.35. The minimum Gasteiger partial charge on any atom is -0.497 e. The quantitative estimate of drug-likeness (QED) is 0.370. The zero-order valence-electron chi connectivity index (χ0n) is 15.6. The molecule has 3 unspecified atom stereocenters. The SMILES string of the molecule is CCOC(=O)C(c1cccc(OC)c1)C1C=CC(CC(=O)c2cccs2)C1. The number of methoxy groups -OCH3 is 1. The van der Waals surface area contributed by atoms with Gasteiger partial charge in [0.15, 0.2) is 5.78 Å². The molecule has 0 saturated carbocycles. The highest BCUT2D eigenvalue weighted by Gasteiger charge is 2.34. The molecule has 0 aliphatic heterocycles. The van der Waals surface area contributed by atoms with Gasteiger partial charge in [-0.1, -0.05) is 30.4 Å². The minimum atomic E-state index is -0.391. The number of carbonyl (C=O) groups excluding carboxylic acids is 2. The summed E-state index contributed by atoms with van der Waals surface area (Å²) in [7, 11) is 1.61. The van der Waals surface area contributed by atoms with E-state index in [4.69, 9.17) is 9.47 Å². The van der Waals surface area contributed by atoms with Crippen LogP contribution in [-0.2, 0) is 9.53 Å². The summed E-state index contributed by atoms with van der Waals surface area (Å²) >= 11 is 1.47. The van der Waals surface area contributed by atoms with Crippen LogP contribution in [0.1, 0.15) is 40.9 Å². The van der Waals surface area contributed by atoms with Crippen LogP contribution in [0.4, 0.5) is 0 Å². The van der Waals surface area contributed by atoms with E-state index in [0.717, 1.165) is 16.9 Å². The Morgan fingerprint density at radius 2 is 2.07 bits per heavy atom. The molecule has 1 aromatic carbocycles. The summed E-state index contributed by atoms with van der Waals surface area (Å²) in [6.07, 6.45) is 5.37. The standard InChI is InChI=1S/C22H24O4S/c1-3-26-22(24)21(16-6-4-7-18(14-16)25-2)17-10-9-15(12-17)13-19(23)20-8-5-11-27-20/h4-11,14-15,17,21H,3,12-13H2,1-2H3. The number of benzene rings is 1. The van der Waals surface area contributed by atoms with E-state index in [9.17, 15) is 9.59 Å². The topological polar surface area (TPSA) is 52.6 Å². The van der Waals surface area contributed by atoms with E-state index in [2.05, 4.69) is 12.2 Å². The first kappa shape index (κ1) is 19.4. The largest absolute Gasteiger partial charge is 0.497 e. The first-order valence-electron chi connectivity index (χ1n) is 9.18. The number of ketones is 1. The summed E-state index contributed by atoms with van der Waals surface area (Å²) < 4.78 is 10.6. The van der Waals surface area contributed by atoms with Crippen molar-refractivity contribution in [1.29, 1.82) is 0 Å². The Hall–Kier alpha value is -2.40. The Kier molecular flexibility index (Phi) is 6.45. The lowest BCUT2D eigenvalue weighted by molar-refractivity contribution is -0.146. The van der Waals surface area contributed by atoms with Gasteiger partial charge in [0.1, 0.15) is 5.75 Å². The van der Waals surface area contributed by atoms with Crippen molar-refractivity contribution >= 4 is 23.1 Å². The van der Waals surface area contributed by atoms with Crippen LogP contribution >= 0.6 is 11.3 Å². The lowest BCUT2D eigenvalue weighted by Crippen LogP contribution is -2.23. The molecule has 1 heterocycles. The number of allylic oxidation sites excluding steroid dienone is 2. The molecule has 0 spiro atoms. The predicted molar refractivity (Wildman–Crippen MR) is 106 cm³/mol. The van der Waals surface area contributed by atoms with Gasteiger partial charge in [0.05, 0.1) is 24.5 Å². The summed E-state index contributed by atoms with van der Waals surface area (Å²) in [5.41, 5.74) is 0.882. The fourth-order valence-electron chi connectivity index (χ4n) is 3.61. The second kappa shape index (κ2) is 9.00. The van der Waals surface area contributed by atoms with Crippen LogP contribution in [0.3, 0.4) is 0 Å². The molecule has 4 nitrogen and oxygen atoms in total. The molecule has 0 bridgehead atoms. The number of hydrogen-bond donors (Lipinski definition) is 0. The lowest BCUT2D eigenvalue weighted by atomic mass is 9.83. The molecule has 5 heteroatoms. The van der Waals surface area contributed by atoms with Gasteiger partial charge < -0.3 is 9.47 Å². The fourth-order valence-corrected chi connectivity index (χ4v) is 4.28. The maximum atomic E-state index is 12.7. The van der Waals surface area contributed by atoms with E-state index in [1.165, 1.54) is 11.3 Å². The van der Waals surface area contributed by atoms with Crippen LogP contribution < -0.4 is 4.74 Å². The fraction of sp³-hybridized carbons (Fsp3) is 0.364. The second-order valence-corrected chi connectivity index (χ2v) is 7.60. The summed E-state index contributed by atoms with van der Waals surface area (Å²) in [4.78, 5) is 25.9. The first-order chi connectivity index (χ1) is 13.1. The number of rotatable bonds is 8. The molecule has 0 fully saturated rings. The van der Waals surface area contributed by atoms with E-state index < -0.39 is 5.92 Å². The third-order valence-corrected chi connectivity index (χ3v) is 5.78. The van der Waals surface area contributed by atoms with Gasteiger partial charge in [0, 0.05) is 6.42 Å². The Balaban J connectivity index is 1.74. The van der Waals surface area contributed by atoms with Crippen molar-refractivity contribution in [3.8, 4) is 5.75 Å². The van der Waals surface area contributed by atoms with Crippen LogP contribution in [0.25, 0.3) is 0 Å². The van der Waals surface area contributed by atoms with Gasteiger partial charge in [-0.2, -0.15) is 0 Å². The van der Waals surface area contributed by atoms with Crippen molar-refractivity contribution in [2.45, 2.75) is 25.7 Å². The lowest BCUT2D eigenvalue weighted by Gasteiger charge is -2.22. The van der Waals surface area contributed by atoms with Crippen LogP contribution in [0.5, 0.6) is 5.75 Å². The number of Topliss-reactive ketones (excluding diaryl/α,β-unsaturated/α-hetero) is 1. The molecule has 3 rings (SSSR count). The average molecular weight is 384 g/mol. The second-order valence-electron chi connectivity index (χ2n) is 6.66. The maximum Gasteiger partial charge on any atom is 0.314 e. The van der Waals surface area contributed by atoms with Crippen LogP contribution in [0, 0.1) is 11.8 Å². The van der Waals surface area contributed by atoms with E-state index in [1.54, 1.807) is 7.11 Å². The smallest absolute Gasteiger partial charge is 0.314 e. The molecule has 27 heavy (non-hydrogen) atoms. The van der Waals surface area contributed by atoms with E-state index in [0.29, 0.717) is 18.8 Å². The van der Waals surface area contributed by atoms with Gasteiger partial charge in [0.2, 0.25) is 0 Å². The Labute approximate surface area is 163 Å². The van der Waals surface area contributed by atoms with Gasteiger partial charge >= 0.3 is 5.97 Å². The predicted octanol–water partition coefficient (Wildman–Crippen LogP) is 4.87. The summed E-state index contributed by atoms with van der Waals surface area (Å²) in [6, 6.07) is 11.3. The Morgan fingerprint density at radius 3 is 2.78 bits per heavy atom. The highest BCUT2D eigenvalue weighted by Crippen LogP contribution is 2.39. The Bertz CT molecular complexity index is 809. The van der Waals surface area contributed by atoms with Crippen molar-refractivity contribution in [2.75, 3.05) is 13.7 Å². The number of hydrogen-bond acceptors (Lipinski definition) is 5. The van der Waals surface area contributed by atoms with E-state index in [-0.39, 0.29) is 23.6 Å². The van der Waals surface area contributed by atoms with Gasteiger partial charge in [-0.15, -0.1) is 11.3 Å². The van der Waals surface area contributed by atoms with Crippen molar-refractivity contribution in [3.63, 3.8) is 0 Å². The molecule has 1 aliphatic carbocycles. The molecule has 1 aliphatic rings. The molecule has 2 aromatic rings. The summed E-state index contributed by atoms with van der Waals surface area (Å²) in [6.45, 7) is 2.16. The first-order valence-corrected chi connectivity index (χ1v) is 10.1. The van der Waals surface area contributed by atoms with Crippen molar-refractivity contribution in [2.24, 2.45) is 11.8 Å². The molecule has 0 saturated heterocycles. The zero-order chi connectivity index (χ0) is 19.2. The maximum absolute atomic E-state index is 12.7. The molecule has 1 aromatic heterocycles. The number of ether oxygens (including phenoxy) is 2. The molecular weight excluding hydrogens is 360 g/mol. The molecule has 0 N–H and O–H groups in total. The normalized spacial score (nSPS) is 19.6. The molecular formula is C22H24O4S. The number of carbonyl (C=O) groups is 2. The minimum absolute atomic E-state index is 0.0114. The van der Waals surface area contributed by atoms with E-state index in [1.807, 2.05) is 48.7 Å². The third kappa shape index (κ3) is 4.66. The highest BCUT2D eigenvalue weighted by atomic mass is 32.1. The van der Waals surface area contributed by atoms with Crippen LogP contribution in [0.2, 0.25) is 0 Å². The van der Waals surface area contributed by atoms with Gasteiger partial charge in [-0.25, -0.2) is 0 Å². The molecule has 0 amide bonds. The number of thiophene rings is 1. The van der Waals surface area contributed by atoms with Gasteiger partial charge in [-0.05, 0) is 54.3 Å². The van der Waals surface area contributed by atoms with Crippen molar-refractivity contribution < 1.29 is 19.1 Å². The Morgan fingerprint density at radius 1 is 1.22 bits per heavy atom. The number of esters is 1. The highest BCUT2D eigenvalue weighted by molar-refractivity contribution is 7.12. The van der Waals surface area contributed by atoms with Crippen LogP contribution in [-0.4, -0.2) is 25.5 Å². The van der Waals surface area contributed by atoms with E-state index >= 15 is 0 Å². The molecule has 3 atom stereocenters. The van der Waals surface area contributed by atoms with Crippen molar-refractivity contribution in [3.05, 3.63) is 64.4 Å². The van der Waals surface area contributed by atoms with Crippen LogP contribution in [0.15, 0.2) is 53.9 Å². The van der Waals surface area contributed by atoms with Crippen molar-refractivity contribution in [1.82, 2.24) is 0 Å².